The minimum absolute atomic E-state index is 0.192. The van der Waals surface area contributed by atoms with E-state index < -0.39 is 0 Å². The normalized spacial score (nSPS) is 19.8. The van der Waals surface area contributed by atoms with Gasteiger partial charge in [-0.25, -0.2) is 4.39 Å². The quantitative estimate of drug-likeness (QED) is 0.897. The molecule has 3 nitrogen and oxygen atoms in total. The van der Waals surface area contributed by atoms with E-state index in [4.69, 9.17) is 10.5 Å². The molecule has 3 rings (SSSR count). The Morgan fingerprint density at radius 2 is 2.25 bits per heavy atom. The molecule has 108 valence electrons. The van der Waals surface area contributed by atoms with Crippen molar-refractivity contribution in [2.75, 3.05) is 19.7 Å². The fourth-order valence-electron chi connectivity index (χ4n) is 2.70. The monoisotopic (exact) mass is 276 g/mol. The van der Waals surface area contributed by atoms with Crippen molar-refractivity contribution in [2.45, 2.75) is 31.8 Å². The lowest BCUT2D eigenvalue weighted by Gasteiger charge is -2.29. The van der Waals surface area contributed by atoms with Crippen LogP contribution in [0, 0.1) is 0 Å². The van der Waals surface area contributed by atoms with Crippen LogP contribution in [0.2, 0.25) is 0 Å². The summed E-state index contributed by atoms with van der Waals surface area (Å²) in [7, 11) is 0. The van der Waals surface area contributed by atoms with Crippen molar-refractivity contribution in [1.29, 1.82) is 0 Å². The van der Waals surface area contributed by atoms with Crippen LogP contribution in [0.1, 0.15) is 24.0 Å². The molecule has 1 aliphatic heterocycles. The molecule has 0 bridgehead atoms. The summed E-state index contributed by atoms with van der Waals surface area (Å²) in [6, 6.07) is 7.02. The van der Waals surface area contributed by atoms with E-state index in [1.165, 1.54) is 24.0 Å². The van der Waals surface area contributed by atoms with Crippen molar-refractivity contribution in [3.8, 4) is 5.75 Å². The van der Waals surface area contributed by atoms with Crippen LogP contribution in [0.5, 0.6) is 5.75 Å². The molecule has 20 heavy (non-hydrogen) atoms. The molecule has 1 aliphatic carbocycles. The third-order valence-electron chi connectivity index (χ3n) is 4.12. The molecule has 1 fully saturated rings. The second kappa shape index (κ2) is 5.94. The molecule has 0 unspecified atom stereocenters. The standard InChI is InChI=1S/C16H21FN2O/c17-8-12(9-18)11-20-16-4-1-14-10-19(15-2-3-15)6-5-13(14)7-16/h1,4,7-8,15H,2-3,5-6,9-11,18H2/b12-8-. The molecule has 0 radical (unpaired) electrons. The van der Waals surface area contributed by atoms with Crippen LogP contribution in [0.4, 0.5) is 4.39 Å². The predicted molar refractivity (Wildman–Crippen MR) is 77.3 cm³/mol. The van der Waals surface area contributed by atoms with Gasteiger partial charge in [0.05, 0.1) is 6.33 Å². The summed E-state index contributed by atoms with van der Waals surface area (Å²) in [5.41, 5.74) is 8.65. The van der Waals surface area contributed by atoms with Crippen LogP contribution in [-0.2, 0) is 13.0 Å². The SMILES string of the molecule is NC/C(=C/F)COc1ccc2c(c1)CCN(C1CC1)C2. The smallest absolute Gasteiger partial charge is 0.120 e. The van der Waals surface area contributed by atoms with E-state index in [1.807, 2.05) is 6.07 Å². The van der Waals surface area contributed by atoms with Gasteiger partial charge in [-0.15, -0.1) is 0 Å². The number of rotatable bonds is 5. The Labute approximate surface area is 119 Å². The zero-order valence-electron chi connectivity index (χ0n) is 11.6. The Morgan fingerprint density at radius 1 is 1.40 bits per heavy atom. The van der Waals surface area contributed by atoms with E-state index >= 15 is 0 Å². The fourth-order valence-corrected chi connectivity index (χ4v) is 2.70. The van der Waals surface area contributed by atoms with Gasteiger partial charge in [-0.1, -0.05) is 6.07 Å². The van der Waals surface area contributed by atoms with Crippen LogP contribution in [-0.4, -0.2) is 30.6 Å². The third-order valence-corrected chi connectivity index (χ3v) is 4.12. The molecule has 2 aliphatic rings. The average Bonchev–Trinajstić information content (AvgIpc) is 3.32. The number of hydrogen-bond acceptors (Lipinski definition) is 3. The number of halogens is 1. The Bertz CT molecular complexity index is 511. The average molecular weight is 276 g/mol. The van der Waals surface area contributed by atoms with Gasteiger partial charge in [-0.05, 0) is 42.5 Å². The highest BCUT2D eigenvalue weighted by Crippen LogP contribution is 2.32. The Hall–Kier alpha value is -1.39. The molecule has 0 amide bonds. The van der Waals surface area contributed by atoms with Crippen molar-refractivity contribution in [2.24, 2.45) is 5.73 Å². The number of hydrogen-bond donors (Lipinski definition) is 1. The summed E-state index contributed by atoms with van der Waals surface area (Å²) >= 11 is 0. The lowest BCUT2D eigenvalue weighted by Crippen LogP contribution is -2.32. The predicted octanol–water partition coefficient (Wildman–Crippen LogP) is 2.40. The maximum absolute atomic E-state index is 12.4. The topological polar surface area (TPSA) is 38.5 Å². The molecule has 2 N–H and O–H groups in total. The summed E-state index contributed by atoms with van der Waals surface area (Å²) in [5, 5.41) is 0. The second-order valence-corrected chi connectivity index (χ2v) is 5.64. The minimum atomic E-state index is 0.192. The van der Waals surface area contributed by atoms with Gasteiger partial charge in [0, 0.05) is 31.2 Å². The van der Waals surface area contributed by atoms with Crippen molar-refractivity contribution < 1.29 is 9.13 Å². The molecule has 1 heterocycles. The molecule has 0 atom stereocenters. The number of nitrogens with two attached hydrogens (primary N) is 1. The highest BCUT2D eigenvalue weighted by molar-refractivity contribution is 5.37. The second-order valence-electron chi connectivity index (χ2n) is 5.64. The maximum atomic E-state index is 12.4. The maximum Gasteiger partial charge on any atom is 0.120 e. The van der Waals surface area contributed by atoms with Gasteiger partial charge < -0.3 is 10.5 Å². The zero-order chi connectivity index (χ0) is 13.9. The van der Waals surface area contributed by atoms with Gasteiger partial charge in [-0.2, -0.15) is 0 Å². The van der Waals surface area contributed by atoms with E-state index in [0.29, 0.717) is 11.9 Å². The van der Waals surface area contributed by atoms with Crippen LogP contribution in [0.25, 0.3) is 0 Å². The van der Waals surface area contributed by atoms with E-state index in [-0.39, 0.29) is 13.2 Å². The van der Waals surface area contributed by atoms with Crippen LogP contribution in [0.15, 0.2) is 30.1 Å². The molecule has 0 aromatic heterocycles. The van der Waals surface area contributed by atoms with E-state index in [9.17, 15) is 4.39 Å². The molecule has 1 saturated carbocycles. The molecule has 4 heteroatoms. The number of fused-ring (bicyclic) bond motifs is 1. The first-order valence-electron chi connectivity index (χ1n) is 7.27. The minimum Gasteiger partial charge on any atom is -0.489 e. The molecule has 0 saturated heterocycles. The number of benzene rings is 1. The van der Waals surface area contributed by atoms with E-state index in [2.05, 4.69) is 17.0 Å². The lowest BCUT2D eigenvalue weighted by molar-refractivity contribution is 0.243. The van der Waals surface area contributed by atoms with Gasteiger partial charge in [-0.3, -0.25) is 4.90 Å². The first-order valence-corrected chi connectivity index (χ1v) is 7.27. The summed E-state index contributed by atoms with van der Waals surface area (Å²) in [6.45, 7) is 2.61. The van der Waals surface area contributed by atoms with E-state index in [1.54, 1.807) is 0 Å². The van der Waals surface area contributed by atoms with Gasteiger partial charge in [0.15, 0.2) is 0 Å². The molecule has 1 aromatic rings. The zero-order valence-corrected chi connectivity index (χ0v) is 11.6. The molecular weight excluding hydrogens is 255 g/mol. The van der Waals surface area contributed by atoms with Crippen LogP contribution in [0.3, 0.4) is 0 Å². The van der Waals surface area contributed by atoms with Crippen molar-refractivity contribution in [1.82, 2.24) is 4.90 Å². The van der Waals surface area contributed by atoms with Crippen molar-refractivity contribution in [3.63, 3.8) is 0 Å². The largest absolute Gasteiger partial charge is 0.489 e. The number of nitrogens with zero attached hydrogens (tertiary/aromatic N) is 1. The summed E-state index contributed by atoms with van der Waals surface area (Å²) < 4.78 is 18.0. The van der Waals surface area contributed by atoms with Crippen molar-refractivity contribution >= 4 is 0 Å². The van der Waals surface area contributed by atoms with Gasteiger partial charge in [0.1, 0.15) is 12.4 Å². The first kappa shape index (κ1) is 13.6. The molecular formula is C16H21FN2O. The third kappa shape index (κ3) is 3.02. The Morgan fingerprint density at radius 3 is 2.95 bits per heavy atom. The molecule has 1 aromatic carbocycles. The number of ether oxygens (including phenoxy) is 1. The van der Waals surface area contributed by atoms with Crippen molar-refractivity contribution in [3.05, 3.63) is 41.2 Å². The van der Waals surface area contributed by atoms with Gasteiger partial charge in [0.25, 0.3) is 0 Å². The molecule has 0 spiro atoms. The van der Waals surface area contributed by atoms with Crippen LogP contribution >= 0.6 is 0 Å². The van der Waals surface area contributed by atoms with Gasteiger partial charge >= 0.3 is 0 Å². The Kier molecular flexibility index (Phi) is 4.03. The Balaban J connectivity index is 1.64. The summed E-state index contributed by atoms with van der Waals surface area (Å²) in [6.07, 6.45) is 4.32. The summed E-state index contributed by atoms with van der Waals surface area (Å²) in [5.74, 6) is 0.802. The fraction of sp³-hybridized carbons (Fsp3) is 0.500. The first-order chi connectivity index (χ1) is 9.80. The van der Waals surface area contributed by atoms with Gasteiger partial charge in [0.2, 0.25) is 0 Å². The van der Waals surface area contributed by atoms with E-state index in [0.717, 1.165) is 31.3 Å². The lowest BCUT2D eigenvalue weighted by atomic mass is 9.99. The summed E-state index contributed by atoms with van der Waals surface area (Å²) in [4.78, 5) is 2.57. The highest BCUT2D eigenvalue weighted by Gasteiger charge is 2.31. The highest BCUT2D eigenvalue weighted by atomic mass is 19.1. The van der Waals surface area contributed by atoms with Crippen LogP contribution < -0.4 is 10.5 Å².